The van der Waals surface area contributed by atoms with Crippen LogP contribution in [0.5, 0.6) is 11.5 Å². The van der Waals surface area contributed by atoms with Crippen LogP contribution in [0.15, 0.2) is 18.2 Å². The first-order valence-electron chi connectivity index (χ1n) is 6.05. The summed E-state index contributed by atoms with van der Waals surface area (Å²) in [4.78, 5) is 11.1. The quantitative estimate of drug-likeness (QED) is 0.605. The minimum Gasteiger partial charge on any atom is -0.496 e. The number of benzene rings is 1. The van der Waals surface area contributed by atoms with Gasteiger partial charge in [0, 0.05) is 11.6 Å². The van der Waals surface area contributed by atoms with Gasteiger partial charge in [-0.25, -0.2) is 4.79 Å². The van der Waals surface area contributed by atoms with Crippen molar-refractivity contribution in [2.24, 2.45) is 0 Å². The Balaban J connectivity index is 3.23. The van der Waals surface area contributed by atoms with E-state index in [1.54, 1.807) is 20.3 Å². The van der Waals surface area contributed by atoms with E-state index in [0.29, 0.717) is 0 Å². The lowest BCUT2D eigenvalue weighted by atomic mass is 9.98. The van der Waals surface area contributed by atoms with Crippen molar-refractivity contribution >= 4 is 12.0 Å². The zero-order chi connectivity index (χ0) is 14.4. The highest BCUT2D eigenvalue weighted by Crippen LogP contribution is 2.36. The molecule has 0 saturated carbocycles. The second kappa shape index (κ2) is 6.83. The van der Waals surface area contributed by atoms with Crippen molar-refractivity contribution in [1.29, 1.82) is 0 Å². The summed E-state index contributed by atoms with van der Waals surface area (Å²) >= 11 is 0. The molecular weight excluding hydrogens is 244 g/mol. The normalized spacial score (nSPS) is 10.8. The van der Waals surface area contributed by atoms with Crippen molar-refractivity contribution in [3.05, 3.63) is 29.3 Å². The van der Waals surface area contributed by atoms with Crippen molar-refractivity contribution < 1.29 is 19.0 Å². The number of hydrogen-bond acceptors (Lipinski definition) is 4. The molecule has 0 unspecified atom stereocenters. The summed E-state index contributed by atoms with van der Waals surface area (Å²) in [5.74, 6) is 1.38. The van der Waals surface area contributed by atoms with E-state index in [9.17, 15) is 4.79 Å². The molecule has 0 amide bonds. The number of ether oxygens (including phenoxy) is 3. The van der Waals surface area contributed by atoms with Gasteiger partial charge in [0.25, 0.3) is 0 Å². The topological polar surface area (TPSA) is 44.8 Å². The van der Waals surface area contributed by atoms with Crippen LogP contribution in [0.3, 0.4) is 0 Å². The maximum Gasteiger partial charge on any atom is 0.330 e. The predicted molar refractivity (Wildman–Crippen MR) is 74.7 cm³/mol. The summed E-state index contributed by atoms with van der Waals surface area (Å²) in [7, 11) is 4.58. The van der Waals surface area contributed by atoms with Crippen LogP contribution in [-0.4, -0.2) is 27.3 Å². The Bertz CT molecular complexity index is 450. The predicted octanol–water partition coefficient (Wildman–Crippen LogP) is 3.01. The van der Waals surface area contributed by atoms with Crippen molar-refractivity contribution in [2.45, 2.75) is 19.8 Å². The van der Waals surface area contributed by atoms with Gasteiger partial charge < -0.3 is 14.2 Å². The molecule has 0 radical (unpaired) electrons. The van der Waals surface area contributed by atoms with Gasteiger partial charge in [-0.3, -0.25) is 0 Å². The monoisotopic (exact) mass is 264 g/mol. The Morgan fingerprint density at radius 2 is 1.63 bits per heavy atom. The lowest BCUT2D eigenvalue weighted by Crippen LogP contribution is -2.00. The number of hydrogen-bond donors (Lipinski definition) is 0. The third-order valence-corrected chi connectivity index (χ3v) is 2.76. The molecule has 0 N–H and O–H groups in total. The molecule has 4 nitrogen and oxygen atoms in total. The zero-order valence-corrected chi connectivity index (χ0v) is 12.0. The molecule has 0 aliphatic heterocycles. The highest BCUT2D eigenvalue weighted by Gasteiger charge is 2.14. The first kappa shape index (κ1) is 15.1. The standard InChI is InChI=1S/C15H20O4/c1-10(2)15-12(17-3)8-11(9-13(15)18-4)6-7-14(16)19-5/h6-10H,1-5H3. The first-order chi connectivity index (χ1) is 9.03. The lowest BCUT2D eigenvalue weighted by molar-refractivity contribution is -0.134. The van der Waals surface area contributed by atoms with Gasteiger partial charge in [0.05, 0.1) is 21.3 Å². The molecule has 0 aromatic heterocycles. The molecule has 0 aliphatic carbocycles. The minimum absolute atomic E-state index is 0.281. The molecule has 1 aromatic rings. The van der Waals surface area contributed by atoms with E-state index in [0.717, 1.165) is 22.6 Å². The first-order valence-corrected chi connectivity index (χ1v) is 6.05. The summed E-state index contributed by atoms with van der Waals surface area (Å²) in [6.45, 7) is 4.15. The molecule has 0 aliphatic rings. The van der Waals surface area contributed by atoms with Gasteiger partial charge in [-0.1, -0.05) is 13.8 Å². The highest BCUT2D eigenvalue weighted by molar-refractivity contribution is 5.87. The smallest absolute Gasteiger partial charge is 0.330 e. The van der Waals surface area contributed by atoms with Crippen molar-refractivity contribution in [1.82, 2.24) is 0 Å². The summed E-state index contributed by atoms with van der Waals surface area (Å²) < 4.78 is 15.3. The largest absolute Gasteiger partial charge is 0.496 e. The molecule has 0 atom stereocenters. The number of carbonyl (C=O) groups excluding carboxylic acids is 1. The fourth-order valence-corrected chi connectivity index (χ4v) is 1.86. The van der Waals surface area contributed by atoms with E-state index in [2.05, 4.69) is 18.6 Å². The summed E-state index contributed by atoms with van der Waals surface area (Å²) in [6.07, 6.45) is 3.03. The maximum absolute atomic E-state index is 11.1. The summed E-state index contributed by atoms with van der Waals surface area (Å²) in [5.41, 5.74) is 1.84. The van der Waals surface area contributed by atoms with Gasteiger partial charge >= 0.3 is 5.97 Å². The van der Waals surface area contributed by atoms with Gasteiger partial charge in [-0.15, -0.1) is 0 Å². The van der Waals surface area contributed by atoms with Crippen LogP contribution < -0.4 is 9.47 Å². The number of carbonyl (C=O) groups is 1. The molecule has 0 bridgehead atoms. The number of methoxy groups -OCH3 is 3. The molecule has 19 heavy (non-hydrogen) atoms. The molecule has 0 fully saturated rings. The van der Waals surface area contributed by atoms with Crippen molar-refractivity contribution in [2.75, 3.05) is 21.3 Å². The molecule has 0 spiro atoms. The van der Waals surface area contributed by atoms with Gasteiger partial charge in [0.15, 0.2) is 0 Å². The van der Waals surface area contributed by atoms with Crippen molar-refractivity contribution in [3.8, 4) is 11.5 Å². The molecule has 104 valence electrons. The Hall–Kier alpha value is -1.97. The van der Waals surface area contributed by atoms with E-state index < -0.39 is 5.97 Å². The Labute approximate surface area is 114 Å². The fraction of sp³-hybridized carbons (Fsp3) is 0.400. The highest BCUT2D eigenvalue weighted by atomic mass is 16.5. The Kier molecular flexibility index (Phi) is 5.42. The van der Waals surface area contributed by atoms with Crippen LogP contribution in [-0.2, 0) is 9.53 Å². The van der Waals surface area contributed by atoms with Gasteiger partial charge in [0.1, 0.15) is 11.5 Å². The maximum atomic E-state index is 11.1. The van der Waals surface area contributed by atoms with Crippen LogP contribution in [0, 0.1) is 0 Å². The van der Waals surface area contributed by atoms with Crippen LogP contribution in [0.1, 0.15) is 30.9 Å². The second-order valence-electron chi connectivity index (χ2n) is 4.35. The van der Waals surface area contributed by atoms with Crippen LogP contribution in [0.4, 0.5) is 0 Å². The zero-order valence-electron chi connectivity index (χ0n) is 12.0. The lowest BCUT2D eigenvalue weighted by Gasteiger charge is -2.17. The summed E-state index contributed by atoms with van der Waals surface area (Å²) in [5, 5.41) is 0. The molecule has 1 aromatic carbocycles. The van der Waals surface area contributed by atoms with Crippen LogP contribution in [0.2, 0.25) is 0 Å². The summed E-state index contributed by atoms with van der Waals surface area (Å²) in [6, 6.07) is 3.74. The molecule has 0 saturated heterocycles. The molecule has 1 rings (SSSR count). The fourth-order valence-electron chi connectivity index (χ4n) is 1.86. The van der Waals surface area contributed by atoms with E-state index in [-0.39, 0.29) is 5.92 Å². The van der Waals surface area contributed by atoms with E-state index >= 15 is 0 Å². The van der Waals surface area contributed by atoms with Crippen LogP contribution >= 0.6 is 0 Å². The third kappa shape index (κ3) is 3.74. The third-order valence-electron chi connectivity index (χ3n) is 2.76. The second-order valence-corrected chi connectivity index (χ2v) is 4.35. The van der Waals surface area contributed by atoms with Gasteiger partial charge in [-0.05, 0) is 29.7 Å². The molecule has 0 heterocycles. The Morgan fingerprint density at radius 1 is 1.11 bits per heavy atom. The van der Waals surface area contributed by atoms with Crippen LogP contribution in [0.25, 0.3) is 6.08 Å². The molecule has 4 heteroatoms. The van der Waals surface area contributed by atoms with Gasteiger partial charge in [-0.2, -0.15) is 0 Å². The molecular formula is C15H20O4. The SMILES string of the molecule is COC(=O)C=Cc1cc(OC)c(C(C)C)c(OC)c1. The number of esters is 1. The average Bonchev–Trinajstić information content (AvgIpc) is 2.42. The van der Waals surface area contributed by atoms with E-state index in [4.69, 9.17) is 9.47 Å². The minimum atomic E-state index is -0.397. The van der Waals surface area contributed by atoms with E-state index in [1.165, 1.54) is 13.2 Å². The van der Waals surface area contributed by atoms with Gasteiger partial charge in [0.2, 0.25) is 0 Å². The Morgan fingerprint density at radius 3 is 2.00 bits per heavy atom. The van der Waals surface area contributed by atoms with Crippen molar-refractivity contribution in [3.63, 3.8) is 0 Å². The average molecular weight is 264 g/mol. The van der Waals surface area contributed by atoms with E-state index in [1.807, 2.05) is 12.1 Å². The number of rotatable bonds is 5.